The molecule has 0 spiro atoms. The van der Waals surface area contributed by atoms with Crippen LogP contribution in [0, 0.1) is 0 Å². The molecule has 0 bridgehead atoms. The number of para-hydroxylation sites is 2. The van der Waals surface area contributed by atoms with Crippen LogP contribution in [0.4, 0.5) is 0 Å². The van der Waals surface area contributed by atoms with Crippen molar-refractivity contribution in [2.24, 2.45) is 0 Å². The minimum absolute atomic E-state index is 0.675. The van der Waals surface area contributed by atoms with Crippen LogP contribution in [-0.2, 0) is 0 Å². The van der Waals surface area contributed by atoms with Gasteiger partial charge in [0.1, 0.15) is 11.2 Å². The lowest BCUT2D eigenvalue weighted by molar-refractivity contribution is 0.670. The van der Waals surface area contributed by atoms with Gasteiger partial charge in [-0.05, 0) is 105 Å². The largest absolute Gasteiger partial charge is 0.455 e. The molecule has 12 aromatic rings. The molecule has 12 rings (SSSR count). The van der Waals surface area contributed by atoms with Crippen LogP contribution in [-0.4, -0.2) is 9.97 Å². The van der Waals surface area contributed by atoms with E-state index < -0.39 is 0 Å². The number of thiophene rings is 1. The number of hydrogen-bond acceptors (Lipinski definition) is 4. The standard InChI is InChI=1S/C56H34N2OS/c1-3-14-35(15-4-1)41-32-42(36-16-5-2-6-17-36)34-43(33-41)39-20-11-18-37(30-39)38-19-12-21-40(31-38)56-57-53(48-25-13-24-45-44-22-7-9-26-49(44)59-55(45)48)47-28-29-51-52(54(47)58-56)46-23-8-10-27-50(46)60-51/h1-34H. The van der Waals surface area contributed by atoms with Crippen molar-refractivity contribution in [1.29, 1.82) is 0 Å². The van der Waals surface area contributed by atoms with E-state index in [1.165, 1.54) is 42.6 Å². The van der Waals surface area contributed by atoms with Gasteiger partial charge in [0.25, 0.3) is 0 Å². The predicted octanol–water partition coefficient (Wildman–Crippen LogP) is 15.9. The Balaban J connectivity index is 1.03. The van der Waals surface area contributed by atoms with E-state index in [-0.39, 0.29) is 0 Å². The summed E-state index contributed by atoms with van der Waals surface area (Å²) >= 11 is 1.80. The molecule has 0 radical (unpaired) electrons. The SMILES string of the molecule is c1ccc(-c2cc(-c3ccccc3)cc(-c3cccc(-c4cccc(-c5nc(-c6cccc7c6oc6ccccc67)c6ccc7sc8ccccc8c7c6n5)c4)c3)c2)cc1. The lowest BCUT2D eigenvalue weighted by Crippen LogP contribution is -1.96. The van der Waals surface area contributed by atoms with Crippen LogP contribution in [0.5, 0.6) is 0 Å². The molecule has 0 saturated carbocycles. The van der Waals surface area contributed by atoms with Gasteiger partial charge in [-0.3, -0.25) is 0 Å². The summed E-state index contributed by atoms with van der Waals surface area (Å²) in [6, 6.07) is 73.3. The molecular formula is C56H34N2OS. The van der Waals surface area contributed by atoms with Crippen LogP contribution in [0.1, 0.15) is 0 Å². The number of benzene rings is 9. The number of aromatic nitrogens is 2. The summed E-state index contributed by atoms with van der Waals surface area (Å²) in [5.74, 6) is 0.675. The smallest absolute Gasteiger partial charge is 0.160 e. The second-order valence-electron chi connectivity index (χ2n) is 15.3. The van der Waals surface area contributed by atoms with Gasteiger partial charge in [-0.15, -0.1) is 11.3 Å². The molecule has 3 aromatic heterocycles. The zero-order chi connectivity index (χ0) is 39.6. The summed E-state index contributed by atoms with van der Waals surface area (Å²) in [6.07, 6.45) is 0. The summed E-state index contributed by atoms with van der Waals surface area (Å²) in [7, 11) is 0. The van der Waals surface area contributed by atoms with Crippen molar-refractivity contribution in [1.82, 2.24) is 9.97 Å². The Hall–Kier alpha value is -7.66. The third kappa shape index (κ3) is 5.80. The van der Waals surface area contributed by atoms with Crippen molar-refractivity contribution in [3.05, 3.63) is 206 Å². The zero-order valence-electron chi connectivity index (χ0n) is 32.3. The van der Waals surface area contributed by atoms with Gasteiger partial charge in [-0.25, -0.2) is 9.97 Å². The molecule has 0 fully saturated rings. The molecular weight excluding hydrogens is 749 g/mol. The summed E-state index contributed by atoms with van der Waals surface area (Å²) in [6.45, 7) is 0. The van der Waals surface area contributed by atoms with E-state index >= 15 is 0 Å². The van der Waals surface area contributed by atoms with Crippen molar-refractivity contribution in [3.63, 3.8) is 0 Å². The van der Waals surface area contributed by atoms with Gasteiger partial charge in [0, 0.05) is 47.5 Å². The molecule has 4 heteroatoms. The molecule has 0 aliphatic heterocycles. The molecule has 280 valence electrons. The minimum Gasteiger partial charge on any atom is -0.455 e. The van der Waals surface area contributed by atoms with E-state index in [0.29, 0.717) is 5.82 Å². The summed E-state index contributed by atoms with van der Waals surface area (Å²) in [4.78, 5) is 10.9. The molecule has 0 N–H and O–H groups in total. The summed E-state index contributed by atoms with van der Waals surface area (Å²) < 4.78 is 9.06. The fourth-order valence-corrected chi connectivity index (χ4v) is 9.88. The second-order valence-corrected chi connectivity index (χ2v) is 16.4. The normalized spacial score (nSPS) is 11.7. The van der Waals surface area contributed by atoms with Crippen molar-refractivity contribution in [3.8, 4) is 67.2 Å². The Kier molecular flexibility index (Phi) is 8.03. The summed E-state index contributed by atoms with van der Waals surface area (Å²) in [5.41, 5.74) is 14.7. The number of nitrogens with zero attached hydrogens (tertiary/aromatic N) is 2. The molecule has 0 aliphatic carbocycles. The number of rotatable bonds is 6. The monoisotopic (exact) mass is 782 g/mol. The Morgan fingerprint density at radius 3 is 1.62 bits per heavy atom. The van der Waals surface area contributed by atoms with Gasteiger partial charge < -0.3 is 4.42 Å². The van der Waals surface area contributed by atoms with E-state index in [2.05, 4.69) is 194 Å². The Morgan fingerprint density at radius 2 is 0.883 bits per heavy atom. The lowest BCUT2D eigenvalue weighted by Gasteiger charge is -2.13. The van der Waals surface area contributed by atoms with Crippen LogP contribution in [0.3, 0.4) is 0 Å². The van der Waals surface area contributed by atoms with Crippen LogP contribution < -0.4 is 0 Å². The van der Waals surface area contributed by atoms with Crippen LogP contribution >= 0.6 is 11.3 Å². The average molecular weight is 783 g/mol. The topological polar surface area (TPSA) is 38.9 Å². The highest BCUT2D eigenvalue weighted by molar-refractivity contribution is 7.26. The highest BCUT2D eigenvalue weighted by Crippen LogP contribution is 2.43. The zero-order valence-corrected chi connectivity index (χ0v) is 33.2. The van der Waals surface area contributed by atoms with E-state index in [1.54, 1.807) is 11.3 Å². The lowest BCUT2D eigenvalue weighted by atomic mass is 9.92. The number of furan rings is 1. The Bertz CT molecular complexity index is 3550. The molecule has 0 unspecified atom stereocenters. The Labute approximate surface area is 350 Å². The first-order valence-electron chi connectivity index (χ1n) is 20.2. The second kappa shape index (κ2) is 14.0. The first-order chi connectivity index (χ1) is 29.7. The van der Waals surface area contributed by atoms with Crippen LogP contribution in [0.25, 0.3) is 120 Å². The minimum atomic E-state index is 0.675. The molecule has 0 amide bonds. The molecule has 0 atom stereocenters. The van der Waals surface area contributed by atoms with Gasteiger partial charge in [0.2, 0.25) is 0 Å². The van der Waals surface area contributed by atoms with Crippen molar-refractivity contribution >= 4 is 64.4 Å². The fourth-order valence-electron chi connectivity index (χ4n) is 8.78. The molecule has 60 heavy (non-hydrogen) atoms. The quantitative estimate of drug-likeness (QED) is 0.169. The first-order valence-corrected chi connectivity index (χ1v) is 21.0. The van der Waals surface area contributed by atoms with Gasteiger partial charge in [-0.1, -0.05) is 146 Å². The third-order valence-electron chi connectivity index (χ3n) is 11.7. The maximum Gasteiger partial charge on any atom is 0.160 e. The molecule has 3 heterocycles. The molecule has 0 aliphatic rings. The number of hydrogen-bond donors (Lipinski definition) is 0. The van der Waals surface area contributed by atoms with E-state index in [9.17, 15) is 0 Å². The highest BCUT2D eigenvalue weighted by atomic mass is 32.1. The Morgan fingerprint density at radius 1 is 0.350 bits per heavy atom. The van der Waals surface area contributed by atoms with Crippen LogP contribution in [0.2, 0.25) is 0 Å². The molecule has 9 aromatic carbocycles. The van der Waals surface area contributed by atoms with E-state index in [4.69, 9.17) is 14.4 Å². The van der Waals surface area contributed by atoms with E-state index in [0.717, 1.165) is 71.7 Å². The third-order valence-corrected chi connectivity index (χ3v) is 12.8. The number of fused-ring (bicyclic) bond motifs is 8. The van der Waals surface area contributed by atoms with Crippen molar-refractivity contribution in [2.45, 2.75) is 0 Å². The van der Waals surface area contributed by atoms with Gasteiger partial charge in [-0.2, -0.15) is 0 Å². The molecule has 3 nitrogen and oxygen atoms in total. The van der Waals surface area contributed by atoms with Crippen LogP contribution in [0.15, 0.2) is 211 Å². The average Bonchev–Trinajstić information content (AvgIpc) is 3.91. The highest BCUT2D eigenvalue weighted by Gasteiger charge is 2.20. The van der Waals surface area contributed by atoms with Crippen molar-refractivity contribution < 1.29 is 4.42 Å². The maximum absolute atomic E-state index is 6.61. The van der Waals surface area contributed by atoms with Crippen molar-refractivity contribution in [2.75, 3.05) is 0 Å². The van der Waals surface area contributed by atoms with E-state index in [1.807, 2.05) is 12.1 Å². The fraction of sp³-hybridized carbons (Fsp3) is 0. The predicted molar refractivity (Wildman–Crippen MR) is 252 cm³/mol. The van der Waals surface area contributed by atoms with Gasteiger partial charge >= 0.3 is 0 Å². The molecule has 0 saturated heterocycles. The summed E-state index contributed by atoms with van der Waals surface area (Å²) in [5, 5.41) is 5.53. The first kappa shape index (κ1) is 34.4. The van der Waals surface area contributed by atoms with Gasteiger partial charge in [0.15, 0.2) is 5.82 Å². The van der Waals surface area contributed by atoms with Gasteiger partial charge in [0.05, 0.1) is 11.2 Å². The maximum atomic E-state index is 6.61.